The van der Waals surface area contributed by atoms with E-state index in [0.29, 0.717) is 26.7 Å². The maximum Gasteiger partial charge on any atom is 0.359 e. The van der Waals surface area contributed by atoms with Gasteiger partial charge >= 0.3 is 5.97 Å². The molecule has 0 aliphatic carbocycles. The molecule has 2 aromatic heterocycles. The van der Waals surface area contributed by atoms with Crippen molar-refractivity contribution in [1.29, 1.82) is 0 Å². The van der Waals surface area contributed by atoms with Crippen LogP contribution in [0.1, 0.15) is 16.1 Å². The molecule has 4 rings (SSSR count). The van der Waals surface area contributed by atoms with Gasteiger partial charge in [0, 0.05) is 5.56 Å². The molecule has 0 amide bonds. The first-order valence-electron chi connectivity index (χ1n) is 8.52. The molecule has 0 N–H and O–H groups in total. The monoisotopic (exact) mass is 472 g/mol. The minimum absolute atomic E-state index is 0.0673. The van der Waals surface area contributed by atoms with E-state index < -0.39 is 5.97 Å². The molecule has 0 aliphatic heterocycles. The Morgan fingerprint density at radius 3 is 2.72 bits per heavy atom. The van der Waals surface area contributed by atoms with Crippen LogP contribution in [0, 0.1) is 6.92 Å². The van der Waals surface area contributed by atoms with E-state index in [2.05, 4.69) is 31.2 Å². The second-order valence-corrected chi connectivity index (χ2v) is 7.36. The highest BCUT2D eigenvalue weighted by molar-refractivity contribution is 9.10. The van der Waals surface area contributed by atoms with E-state index in [4.69, 9.17) is 20.9 Å². The number of benzene rings is 2. The van der Waals surface area contributed by atoms with Crippen LogP contribution in [0.4, 0.5) is 0 Å². The average molecular weight is 474 g/mol. The first-order chi connectivity index (χ1) is 14.0. The highest BCUT2D eigenvalue weighted by Crippen LogP contribution is 2.35. The van der Waals surface area contributed by atoms with Crippen molar-refractivity contribution < 1.29 is 14.1 Å². The zero-order valence-electron chi connectivity index (χ0n) is 15.4. The number of halogens is 2. The van der Waals surface area contributed by atoms with Crippen molar-refractivity contribution in [3.8, 4) is 28.7 Å². The maximum absolute atomic E-state index is 12.2. The zero-order valence-corrected chi connectivity index (χ0v) is 17.7. The Morgan fingerprint density at radius 1 is 1.21 bits per heavy atom. The van der Waals surface area contributed by atoms with E-state index in [1.165, 1.54) is 11.8 Å². The topological polar surface area (TPSA) is 83.0 Å². The molecule has 7 nitrogen and oxygen atoms in total. The number of hydrogen-bond donors (Lipinski definition) is 0. The van der Waals surface area contributed by atoms with Gasteiger partial charge in [0.2, 0.25) is 5.82 Å². The van der Waals surface area contributed by atoms with Crippen LogP contribution in [0.3, 0.4) is 0 Å². The van der Waals surface area contributed by atoms with Crippen molar-refractivity contribution in [1.82, 2.24) is 19.9 Å². The van der Waals surface area contributed by atoms with Gasteiger partial charge in [-0.2, -0.15) is 10.1 Å². The fourth-order valence-corrected chi connectivity index (χ4v) is 3.62. The molecule has 29 heavy (non-hydrogen) atoms. The van der Waals surface area contributed by atoms with Gasteiger partial charge in [0.1, 0.15) is 5.69 Å². The largest absolute Gasteiger partial charge is 0.464 e. The summed E-state index contributed by atoms with van der Waals surface area (Å²) in [6.45, 7) is 1.98. The number of carbonyl (C=O) groups is 1. The van der Waals surface area contributed by atoms with E-state index in [-0.39, 0.29) is 11.6 Å². The Balaban J connectivity index is 1.90. The van der Waals surface area contributed by atoms with Crippen molar-refractivity contribution in [2.75, 3.05) is 7.11 Å². The predicted molar refractivity (Wildman–Crippen MR) is 111 cm³/mol. The lowest BCUT2D eigenvalue weighted by molar-refractivity contribution is 0.0592. The van der Waals surface area contributed by atoms with Gasteiger partial charge in [0.15, 0.2) is 5.69 Å². The molecule has 0 saturated carbocycles. The molecule has 0 fully saturated rings. The van der Waals surface area contributed by atoms with E-state index in [0.717, 1.165) is 11.1 Å². The number of ether oxygens (including phenoxy) is 1. The van der Waals surface area contributed by atoms with Gasteiger partial charge < -0.3 is 9.26 Å². The highest BCUT2D eigenvalue weighted by atomic mass is 79.9. The second-order valence-electron chi connectivity index (χ2n) is 6.16. The van der Waals surface area contributed by atoms with E-state index in [1.807, 2.05) is 37.3 Å². The summed E-state index contributed by atoms with van der Waals surface area (Å²) in [6, 6.07) is 14.8. The molecule has 0 atom stereocenters. The lowest BCUT2D eigenvalue weighted by Crippen LogP contribution is -2.05. The first-order valence-corrected chi connectivity index (χ1v) is 9.69. The molecule has 0 radical (unpaired) electrons. The Labute approximate surface area is 179 Å². The van der Waals surface area contributed by atoms with Crippen molar-refractivity contribution in [3.63, 3.8) is 0 Å². The molecule has 0 saturated heterocycles. The molecule has 2 aromatic carbocycles. The van der Waals surface area contributed by atoms with Crippen LogP contribution in [-0.2, 0) is 4.74 Å². The van der Waals surface area contributed by atoms with Gasteiger partial charge in [-0.3, -0.25) is 0 Å². The minimum atomic E-state index is -0.609. The van der Waals surface area contributed by atoms with Crippen molar-refractivity contribution in [2.45, 2.75) is 6.92 Å². The number of aromatic nitrogens is 4. The van der Waals surface area contributed by atoms with Gasteiger partial charge in [0.25, 0.3) is 5.89 Å². The number of nitrogens with zero attached hydrogens (tertiary/aromatic N) is 4. The number of esters is 1. The Morgan fingerprint density at radius 2 is 2.00 bits per heavy atom. The standard InChI is InChI=1S/C20H14BrClN4O3/c1-11-6-5-7-12(10-11)18-23-19(29-25-18)17-15(21)16(20(27)28-2)24-26(17)14-9-4-3-8-13(14)22/h3-10H,1-2H3. The van der Waals surface area contributed by atoms with Crippen LogP contribution in [-0.4, -0.2) is 33.0 Å². The molecular formula is C20H14BrClN4O3. The van der Waals surface area contributed by atoms with Crippen molar-refractivity contribution >= 4 is 33.5 Å². The summed E-state index contributed by atoms with van der Waals surface area (Å²) in [5.41, 5.74) is 2.90. The van der Waals surface area contributed by atoms with Crippen LogP contribution in [0.25, 0.3) is 28.7 Å². The lowest BCUT2D eigenvalue weighted by atomic mass is 10.1. The molecular weight excluding hydrogens is 460 g/mol. The summed E-state index contributed by atoms with van der Waals surface area (Å²) in [5.74, 6) is -0.0135. The smallest absolute Gasteiger partial charge is 0.359 e. The summed E-state index contributed by atoms with van der Waals surface area (Å²) in [4.78, 5) is 16.7. The third-order valence-electron chi connectivity index (χ3n) is 4.19. The molecule has 0 spiro atoms. The predicted octanol–water partition coefficient (Wildman–Crippen LogP) is 5.10. The van der Waals surface area contributed by atoms with Gasteiger partial charge in [-0.1, -0.05) is 52.7 Å². The first kappa shape index (κ1) is 19.4. The quantitative estimate of drug-likeness (QED) is 0.384. The van der Waals surface area contributed by atoms with Gasteiger partial charge in [0.05, 0.1) is 22.3 Å². The van der Waals surface area contributed by atoms with Crippen molar-refractivity contribution in [2.24, 2.45) is 0 Å². The van der Waals surface area contributed by atoms with Crippen molar-refractivity contribution in [3.05, 3.63) is 69.3 Å². The van der Waals surface area contributed by atoms with Crippen LogP contribution in [0.15, 0.2) is 57.5 Å². The molecule has 0 bridgehead atoms. The SMILES string of the molecule is COC(=O)c1nn(-c2ccccc2Cl)c(-c2nc(-c3cccc(C)c3)no2)c1Br. The Hall–Kier alpha value is -2.97. The highest BCUT2D eigenvalue weighted by Gasteiger charge is 2.28. The van der Waals surface area contributed by atoms with Crippen LogP contribution in [0.5, 0.6) is 0 Å². The third kappa shape index (κ3) is 3.56. The van der Waals surface area contributed by atoms with Gasteiger partial charge in [-0.05, 0) is 41.1 Å². The molecule has 146 valence electrons. The number of methoxy groups -OCH3 is 1. The van der Waals surface area contributed by atoms with E-state index >= 15 is 0 Å². The molecule has 0 aliphatic rings. The van der Waals surface area contributed by atoms with Crippen LogP contribution >= 0.6 is 27.5 Å². The summed E-state index contributed by atoms with van der Waals surface area (Å²) >= 11 is 9.78. The third-order valence-corrected chi connectivity index (χ3v) is 5.26. The fraction of sp³-hybridized carbons (Fsp3) is 0.100. The second kappa shape index (κ2) is 7.81. The molecule has 0 unspecified atom stereocenters. The average Bonchev–Trinajstić information content (AvgIpc) is 3.32. The lowest BCUT2D eigenvalue weighted by Gasteiger charge is -2.06. The maximum atomic E-state index is 12.2. The Kier molecular flexibility index (Phi) is 5.21. The van der Waals surface area contributed by atoms with E-state index in [9.17, 15) is 4.79 Å². The molecule has 2 heterocycles. The number of rotatable bonds is 4. The normalized spacial score (nSPS) is 10.9. The number of aryl methyl sites for hydroxylation is 1. The summed E-state index contributed by atoms with van der Waals surface area (Å²) < 4.78 is 12.2. The van der Waals surface area contributed by atoms with Crippen LogP contribution < -0.4 is 0 Å². The van der Waals surface area contributed by atoms with Gasteiger partial charge in [-0.15, -0.1) is 0 Å². The van der Waals surface area contributed by atoms with Gasteiger partial charge in [-0.25, -0.2) is 9.48 Å². The Bertz CT molecular complexity index is 1220. The molecule has 9 heteroatoms. The van der Waals surface area contributed by atoms with Crippen LogP contribution in [0.2, 0.25) is 5.02 Å². The fourth-order valence-electron chi connectivity index (χ4n) is 2.83. The summed E-state index contributed by atoms with van der Waals surface area (Å²) in [5, 5.41) is 8.89. The van der Waals surface area contributed by atoms with E-state index in [1.54, 1.807) is 18.2 Å². The number of para-hydroxylation sites is 1. The summed E-state index contributed by atoms with van der Waals surface area (Å²) in [6.07, 6.45) is 0. The minimum Gasteiger partial charge on any atom is -0.464 e. The zero-order chi connectivity index (χ0) is 20.5. The summed E-state index contributed by atoms with van der Waals surface area (Å²) in [7, 11) is 1.28. The number of carbonyl (C=O) groups excluding carboxylic acids is 1. The molecule has 4 aromatic rings. The number of hydrogen-bond acceptors (Lipinski definition) is 6.